The molecule has 150 valence electrons. The molecule has 5 aliphatic rings. The molecule has 5 fully saturated rings. The smallest absolute Gasteiger partial charge is 0.339 e. The first-order chi connectivity index (χ1) is 12.7. The highest BCUT2D eigenvalue weighted by Crippen LogP contribution is 2.82. The Morgan fingerprint density at radius 2 is 1.96 bits per heavy atom. The van der Waals surface area contributed by atoms with Crippen molar-refractivity contribution in [1.29, 1.82) is 0 Å². The summed E-state index contributed by atoms with van der Waals surface area (Å²) in [6.07, 6.45) is -1.62. The average Bonchev–Trinajstić information content (AvgIpc) is 3.25. The molecule has 0 amide bonds. The van der Waals surface area contributed by atoms with Crippen LogP contribution >= 0.6 is 0 Å². The molecule has 5 rings (SSSR count). The zero-order valence-corrected chi connectivity index (χ0v) is 16.0. The molecule has 2 aliphatic carbocycles. The van der Waals surface area contributed by atoms with E-state index in [1.165, 1.54) is 7.11 Å². The number of rotatable bonds is 3. The number of esters is 2. The fourth-order valence-corrected chi connectivity index (χ4v) is 7.31. The Morgan fingerprint density at radius 1 is 1.22 bits per heavy atom. The number of carbonyl (C=O) groups excluding carboxylic acids is 2. The maximum Gasteiger partial charge on any atom is 0.339 e. The Balaban J connectivity index is 1.79. The summed E-state index contributed by atoms with van der Waals surface area (Å²) in [5.41, 5.74) is -3.49. The molecule has 0 aromatic rings. The lowest BCUT2D eigenvalue weighted by Gasteiger charge is -2.46. The molecule has 3 aliphatic heterocycles. The standard InChI is InChI=1S/C19H26O8/c1-16(2,3)10-9(24-8-23-4)12-17-6-5-7-18(17,14(22)25-12)27-15-19(10,17)11(20)13(21)26-15/h9-12,15,20H,5-8H2,1-4H3/t9?,10?,11?,12-,15?,17?,18?,19?/m1/s1. The Labute approximate surface area is 157 Å². The number of aliphatic hydroxyl groups is 1. The molecule has 2 saturated carbocycles. The van der Waals surface area contributed by atoms with Gasteiger partial charge in [-0.25, -0.2) is 9.59 Å². The highest BCUT2D eigenvalue weighted by atomic mass is 16.7. The second kappa shape index (κ2) is 5.03. The van der Waals surface area contributed by atoms with Crippen LogP contribution in [0.5, 0.6) is 0 Å². The van der Waals surface area contributed by atoms with Crippen molar-refractivity contribution in [3.63, 3.8) is 0 Å². The van der Waals surface area contributed by atoms with E-state index in [0.717, 1.165) is 6.42 Å². The van der Waals surface area contributed by atoms with Gasteiger partial charge in [-0.15, -0.1) is 0 Å². The van der Waals surface area contributed by atoms with E-state index in [4.69, 9.17) is 23.7 Å². The minimum atomic E-state index is -1.39. The van der Waals surface area contributed by atoms with Gasteiger partial charge in [-0.1, -0.05) is 20.8 Å². The van der Waals surface area contributed by atoms with Crippen molar-refractivity contribution < 1.29 is 38.4 Å². The molecule has 0 aromatic heterocycles. The molecule has 0 bridgehead atoms. The Hall–Kier alpha value is -1.22. The van der Waals surface area contributed by atoms with Crippen molar-refractivity contribution in [2.75, 3.05) is 13.9 Å². The lowest BCUT2D eigenvalue weighted by molar-refractivity contribution is -0.198. The summed E-state index contributed by atoms with van der Waals surface area (Å²) in [6.45, 7) is 6.14. The number of ether oxygens (including phenoxy) is 5. The molecular weight excluding hydrogens is 356 g/mol. The van der Waals surface area contributed by atoms with Crippen LogP contribution in [-0.4, -0.2) is 61.2 Å². The summed E-state index contributed by atoms with van der Waals surface area (Å²) in [4.78, 5) is 25.5. The second-order valence-electron chi connectivity index (χ2n) is 9.58. The number of hydrogen-bond acceptors (Lipinski definition) is 8. The molecular formula is C19H26O8. The summed E-state index contributed by atoms with van der Waals surface area (Å²) in [6, 6.07) is 0. The predicted octanol–water partition coefficient (Wildman–Crippen LogP) is 0.746. The molecule has 1 N–H and O–H groups in total. The third-order valence-corrected chi connectivity index (χ3v) is 7.69. The van der Waals surface area contributed by atoms with Crippen LogP contribution in [0, 0.1) is 22.2 Å². The van der Waals surface area contributed by atoms with Gasteiger partial charge in [0, 0.05) is 13.0 Å². The van der Waals surface area contributed by atoms with Crippen molar-refractivity contribution in [3.05, 3.63) is 0 Å². The Kier molecular flexibility index (Phi) is 3.33. The number of carbonyl (C=O) groups is 2. The first kappa shape index (κ1) is 17.8. The Morgan fingerprint density at radius 3 is 2.63 bits per heavy atom. The Bertz CT molecular complexity index is 715. The van der Waals surface area contributed by atoms with Crippen molar-refractivity contribution in [3.8, 4) is 0 Å². The highest BCUT2D eigenvalue weighted by Gasteiger charge is 2.95. The monoisotopic (exact) mass is 382 g/mol. The van der Waals surface area contributed by atoms with E-state index >= 15 is 0 Å². The minimum absolute atomic E-state index is 0.0287. The third-order valence-electron chi connectivity index (χ3n) is 7.69. The number of aliphatic hydroxyl groups excluding tert-OH is 1. The second-order valence-corrected chi connectivity index (χ2v) is 9.58. The number of methoxy groups -OCH3 is 1. The topological polar surface area (TPSA) is 101 Å². The maximum atomic E-state index is 13.0. The van der Waals surface area contributed by atoms with Crippen LogP contribution in [0.3, 0.4) is 0 Å². The normalized spacial score (nSPS) is 52.6. The van der Waals surface area contributed by atoms with Crippen molar-refractivity contribution in [2.24, 2.45) is 22.2 Å². The van der Waals surface area contributed by atoms with E-state index < -0.39 is 53.0 Å². The van der Waals surface area contributed by atoms with E-state index in [1.807, 2.05) is 20.8 Å². The molecule has 3 saturated heterocycles. The number of hydrogen-bond donors (Lipinski definition) is 1. The van der Waals surface area contributed by atoms with Crippen LogP contribution in [0.25, 0.3) is 0 Å². The first-order valence-corrected chi connectivity index (χ1v) is 9.56. The third kappa shape index (κ3) is 1.60. The summed E-state index contributed by atoms with van der Waals surface area (Å²) in [5.74, 6) is -1.46. The largest absolute Gasteiger partial charge is 0.457 e. The van der Waals surface area contributed by atoms with Gasteiger partial charge >= 0.3 is 11.9 Å². The molecule has 0 aromatic carbocycles. The average molecular weight is 382 g/mol. The fraction of sp³-hybridized carbons (Fsp3) is 0.895. The van der Waals surface area contributed by atoms with E-state index in [2.05, 4.69) is 0 Å². The molecule has 3 heterocycles. The van der Waals surface area contributed by atoms with Crippen LogP contribution in [0.1, 0.15) is 40.0 Å². The van der Waals surface area contributed by atoms with E-state index in [0.29, 0.717) is 12.8 Å². The zero-order chi connectivity index (χ0) is 19.4. The van der Waals surface area contributed by atoms with Crippen LogP contribution in [-0.2, 0) is 33.3 Å². The predicted molar refractivity (Wildman–Crippen MR) is 88.0 cm³/mol. The van der Waals surface area contributed by atoms with Crippen LogP contribution in [0.2, 0.25) is 0 Å². The van der Waals surface area contributed by atoms with E-state index in [1.54, 1.807) is 0 Å². The molecule has 27 heavy (non-hydrogen) atoms. The quantitative estimate of drug-likeness (QED) is 0.564. The van der Waals surface area contributed by atoms with Gasteiger partial charge in [-0.05, 0) is 24.7 Å². The lowest BCUT2D eigenvalue weighted by Crippen LogP contribution is -2.57. The van der Waals surface area contributed by atoms with Gasteiger partial charge in [0.1, 0.15) is 19.0 Å². The van der Waals surface area contributed by atoms with Crippen molar-refractivity contribution in [2.45, 2.75) is 70.2 Å². The van der Waals surface area contributed by atoms with Gasteiger partial charge in [0.15, 0.2) is 11.7 Å². The molecule has 8 heteroatoms. The maximum absolute atomic E-state index is 13.0. The molecule has 2 spiro atoms. The fourth-order valence-electron chi connectivity index (χ4n) is 7.31. The van der Waals surface area contributed by atoms with Gasteiger partial charge in [0.05, 0.1) is 10.8 Å². The summed E-state index contributed by atoms with van der Waals surface area (Å²) in [7, 11) is 1.53. The first-order valence-electron chi connectivity index (χ1n) is 9.56. The van der Waals surface area contributed by atoms with Gasteiger partial charge in [-0.2, -0.15) is 0 Å². The van der Waals surface area contributed by atoms with Gasteiger partial charge in [0.2, 0.25) is 6.29 Å². The van der Waals surface area contributed by atoms with Crippen LogP contribution in [0.15, 0.2) is 0 Å². The van der Waals surface area contributed by atoms with Crippen LogP contribution in [0.4, 0.5) is 0 Å². The van der Waals surface area contributed by atoms with Gasteiger partial charge < -0.3 is 28.8 Å². The molecule has 0 radical (unpaired) electrons. The SMILES string of the molecule is COCOC1C(C(C)(C)C)C23C(OC(=O)C2O)OC24CCCC23[C@@H]1OC4=O. The molecule has 7 unspecified atom stereocenters. The zero-order valence-electron chi connectivity index (χ0n) is 16.0. The van der Waals surface area contributed by atoms with Gasteiger partial charge in [0.25, 0.3) is 0 Å². The molecule has 8 atom stereocenters. The van der Waals surface area contributed by atoms with Gasteiger partial charge in [-0.3, -0.25) is 0 Å². The summed E-state index contributed by atoms with van der Waals surface area (Å²) < 4.78 is 28.8. The van der Waals surface area contributed by atoms with E-state index in [9.17, 15) is 14.7 Å². The molecule has 8 nitrogen and oxygen atoms in total. The highest BCUT2D eigenvalue weighted by molar-refractivity contribution is 5.88. The minimum Gasteiger partial charge on any atom is -0.457 e. The summed E-state index contributed by atoms with van der Waals surface area (Å²) >= 11 is 0. The van der Waals surface area contributed by atoms with Crippen molar-refractivity contribution in [1.82, 2.24) is 0 Å². The van der Waals surface area contributed by atoms with E-state index in [-0.39, 0.29) is 18.1 Å². The summed E-state index contributed by atoms with van der Waals surface area (Å²) in [5, 5.41) is 11.2. The lowest BCUT2D eigenvalue weighted by atomic mass is 9.52. The van der Waals surface area contributed by atoms with Crippen LogP contribution < -0.4 is 0 Å². The van der Waals surface area contributed by atoms with Crippen molar-refractivity contribution >= 4 is 11.9 Å².